The van der Waals surface area contributed by atoms with Gasteiger partial charge in [-0.3, -0.25) is 14.3 Å². The van der Waals surface area contributed by atoms with Crippen LogP contribution in [0.15, 0.2) is 41.4 Å². The van der Waals surface area contributed by atoms with Crippen LogP contribution in [0.3, 0.4) is 0 Å². The number of para-hydroxylation sites is 1. The van der Waals surface area contributed by atoms with Crippen molar-refractivity contribution >= 4 is 40.8 Å². The molecule has 0 aliphatic carbocycles. The zero-order valence-electron chi connectivity index (χ0n) is 16.1. The summed E-state index contributed by atoms with van der Waals surface area (Å²) in [5, 5.41) is 1.23. The molecule has 3 heterocycles. The van der Waals surface area contributed by atoms with Crippen molar-refractivity contribution in [1.82, 2.24) is 14.3 Å². The zero-order valence-corrected chi connectivity index (χ0v) is 18.6. The standard InChI is InChI=1S/C21H30N3PS2/c26-25(23-13-3-1-4-14-23,24-15-5-2-6-16-24)17-18-27-20-11-7-9-19-10-8-12-22-21(19)20/h7-12H,1-6,13-18H2. The first kappa shape index (κ1) is 19.8. The highest BCUT2D eigenvalue weighted by atomic mass is 32.4. The molecule has 0 atom stereocenters. The van der Waals surface area contributed by atoms with Crippen LogP contribution in [0.25, 0.3) is 10.9 Å². The highest BCUT2D eigenvalue weighted by Crippen LogP contribution is 2.56. The molecule has 0 N–H and O–H groups in total. The number of rotatable bonds is 6. The number of aromatic nitrogens is 1. The Morgan fingerprint density at radius 1 is 0.889 bits per heavy atom. The second kappa shape index (κ2) is 9.37. The molecule has 0 radical (unpaired) electrons. The van der Waals surface area contributed by atoms with Gasteiger partial charge < -0.3 is 0 Å². The summed E-state index contributed by atoms with van der Waals surface area (Å²) < 4.78 is 5.44. The Hall–Kier alpha value is -0.450. The summed E-state index contributed by atoms with van der Waals surface area (Å²) in [4.78, 5) is 5.92. The topological polar surface area (TPSA) is 19.4 Å². The van der Waals surface area contributed by atoms with Crippen molar-refractivity contribution in [2.75, 3.05) is 38.1 Å². The van der Waals surface area contributed by atoms with Gasteiger partial charge in [-0.1, -0.05) is 42.8 Å². The smallest absolute Gasteiger partial charge is 0.0837 e. The van der Waals surface area contributed by atoms with Gasteiger partial charge in [-0.15, -0.1) is 11.8 Å². The normalized spacial score (nSPS) is 20.1. The lowest BCUT2D eigenvalue weighted by Gasteiger charge is -2.46. The third-order valence-corrected chi connectivity index (χ3v) is 12.4. The van der Waals surface area contributed by atoms with E-state index in [1.165, 1.54) is 75.0 Å². The molecule has 2 aromatic rings. The molecule has 0 amide bonds. The number of hydrogen-bond acceptors (Lipinski definition) is 3. The maximum absolute atomic E-state index is 6.49. The lowest BCUT2D eigenvalue weighted by atomic mass is 10.2. The van der Waals surface area contributed by atoms with Crippen LogP contribution in [0.4, 0.5) is 0 Å². The molecule has 0 saturated carbocycles. The van der Waals surface area contributed by atoms with Gasteiger partial charge >= 0.3 is 0 Å². The Labute approximate surface area is 173 Å². The second-order valence-electron chi connectivity index (χ2n) is 7.60. The molecule has 2 aliphatic rings. The highest BCUT2D eigenvalue weighted by molar-refractivity contribution is 8.12. The average Bonchev–Trinajstić information content (AvgIpc) is 2.75. The molecule has 4 rings (SSSR count). The molecular weight excluding hydrogens is 389 g/mol. The Morgan fingerprint density at radius 2 is 1.52 bits per heavy atom. The summed E-state index contributed by atoms with van der Waals surface area (Å²) in [6.07, 6.45) is 9.50. The van der Waals surface area contributed by atoms with Gasteiger partial charge in [0.15, 0.2) is 0 Å². The molecule has 0 spiro atoms. The fourth-order valence-corrected chi connectivity index (χ4v) is 10.7. The van der Waals surface area contributed by atoms with Crippen LogP contribution in [0.1, 0.15) is 38.5 Å². The number of thioether (sulfide) groups is 1. The predicted octanol–water partition coefficient (Wildman–Crippen LogP) is 5.61. The van der Waals surface area contributed by atoms with Crippen molar-refractivity contribution in [3.05, 3.63) is 36.5 Å². The van der Waals surface area contributed by atoms with Gasteiger partial charge in [-0.05, 0) is 37.8 Å². The molecular formula is C21H30N3PS2. The van der Waals surface area contributed by atoms with E-state index < -0.39 is 6.34 Å². The first-order chi connectivity index (χ1) is 13.3. The van der Waals surface area contributed by atoms with Crippen molar-refractivity contribution in [3.63, 3.8) is 0 Å². The average molecular weight is 420 g/mol. The monoisotopic (exact) mass is 419 g/mol. The Balaban J connectivity index is 1.48. The van der Waals surface area contributed by atoms with Crippen LogP contribution >= 0.6 is 18.1 Å². The van der Waals surface area contributed by atoms with Crippen LogP contribution in [0, 0.1) is 0 Å². The van der Waals surface area contributed by atoms with Gasteiger partial charge in [0, 0.05) is 54.6 Å². The lowest BCUT2D eigenvalue weighted by molar-refractivity contribution is 0.309. The quantitative estimate of drug-likeness (QED) is 0.446. The van der Waals surface area contributed by atoms with Gasteiger partial charge in [0.1, 0.15) is 0 Å². The van der Waals surface area contributed by atoms with E-state index in [9.17, 15) is 0 Å². The summed E-state index contributed by atoms with van der Waals surface area (Å²) in [6.45, 7) is 4.87. The van der Waals surface area contributed by atoms with Crippen molar-refractivity contribution < 1.29 is 0 Å². The van der Waals surface area contributed by atoms with Crippen molar-refractivity contribution in [2.45, 2.75) is 43.4 Å². The minimum Gasteiger partial charge on any atom is -0.264 e. The molecule has 6 heteroatoms. The fraction of sp³-hybridized carbons (Fsp3) is 0.571. The van der Waals surface area contributed by atoms with Crippen molar-refractivity contribution in [1.29, 1.82) is 0 Å². The van der Waals surface area contributed by atoms with E-state index in [1.807, 2.05) is 24.0 Å². The molecule has 0 bridgehead atoms. The molecule has 3 nitrogen and oxygen atoms in total. The number of hydrogen-bond donors (Lipinski definition) is 0. The van der Waals surface area contributed by atoms with Gasteiger partial charge in [0.25, 0.3) is 0 Å². The van der Waals surface area contributed by atoms with E-state index in [4.69, 9.17) is 11.8 Å². The van der Waals surface area contributed by atoms with E-state index >= 15 is 0 Å². The van der Waals surface area contributed by atoms with Gasteiger partial charge in [-0.25, -0.2) is 0 Å². The van der Waals surface area contributed by atoms with E-state index in [1.54, 1.807) is 0 Å². The van der Waals surface area contributed by atoms with E-state index in [2.05, 4.69) is 38.6 Å². The van der Waals surface area contributed by atoms with Crippen LogP contribution in [0.5, 0.6) is 0 Å². The number of piperidine rings is 2. The molecule has 1 aromatic carbocycles. The first-order valence-corrected chi connectivity index (χ1v) is 14.2. The second-order valence-corrected chi connectivity index (χ2v) is 13.4. The Morgan fingerprint density at radius 3 is 2.19 bits per heavy atom. The van der Waals surface area contributed by atoms with E-state index in [0.717, 1.165) is 17.4 Å². The number of fused-ring (bicyclic) bond motifs is 1. The summed E-state index contributed by atoms with van der Waals surface area (Å²) in [7, 11) is 0. The van der Waals surface area contributed by atoms with Crippen molar-refractivity contribution in [3.8, 4) is 0 Å². The summed E-state index contributed by atoms with van der Waals surface area (Å²) in [6, 6.07) is 10.7. The van der Waals surface area contributed by atoms with Gasteiger partial charge in [0.05, 0.1) is 11.9 Å². The molecule has 0 unspecified atom stereocenters. The molecule has 1 aromatic heterocycles. The largest absolute Gasteiger partial charge is 0.264 e. The highest BCUT2D eigenvalue weighted by Gasteiger charge is 2.33. The number of benzene rings is 1. The van der Waals surface area contributed by atoms with E-state index in [-0.39, 0.29) is 0 Å². The Kier molecular flexibility index (Phi) is 6.88. The molecule has 2 saturated heterocycles. The van der Waals surface area contributed by atoms with Crippen LogP contribution in [-0.4, -0.2) is 52.4 Å². The summed E-state index contributed by atoms with van der Waals surface area (Å²) in [5.41, 5.74) is 1.13. The maximum atomic E-state index is 6.49. The molecule has 27 heavy (non-hydrogen) atoms. The van der Waals surface area contributed by atoms with Crippen LogP contribution in [-0.2, 0) is 11.8 Å². The summed E-state index contributed by atoms with van der Waals surface area (Å²) in [5.74, 6) is 1.10. The fourth-order valence-electron chi connectivity index (χ4n) is 4.31. The third-order valence-electron chi connectivity index (χ3n) is 5.78. The number of pyridine rings is 1. The zero-order chi connectivity index (χ0) is 18.5. The minimum absolute atomic E-state index is 1.10. The molecule has 146 valence electrons. The van der Waals surface area contributed by atoms with Crippen LogP contribution in [0.2, 0.25) is 0 Å². The lowest BCUT2D eigenvalue weighted by Crippen LogP contribution is -2.39. The van der Waals surface area contributed by atoms with Crippen molar-refractivity contribution in [2.24, 2.45) is 0 Å². The Bertz CT molecular complexity index is 774. The maximum Gasteiger partial charge on any atom is 0.0837 e. The molecule has 2 fully saturated rings. The predicted molar refractivity (Wildman–Crippen MR) is 122 cm³/mol. The number of nitrogens with zero attached hydrogens (tertiary/aromatic N) is 3. The first-order valence-electron chi connectivity index (χ1n) is 10.3. The molecule has 2 aliphatic heterocycles. The SMILES string of the molecule is S=P(CCSc1cccc2cccnc12)(N1CCCCC1)N1CCCCC1. The minimum atomic E-state index is -1.61. The van der Waals surface area contributed by atoms with Gasteiger partial charge in [-0.2, -0.15) is 0 Å². The summed E-state index contributed by atoms with van der Waals surface area (Å²) >= 11 is 8.44. The van der Waals surface area contributed by atoms with Crippen LogP contribution < -0.4 is 0 Å². The van der Waals surface area contributed by atoms with E-state index in [0.29, 0.717) is 0 Å². The third kappa shape index (κ3) is 4.59. The van der Waals surface area contributed by atoms with Gasteiger partial charge in [0.2, 0.25) is 0 Å².